The molecule has 0 aliphatic carbocycles. The highest BCUT2D eigenvalue weighted by Crippen LogP contribution is 2.29. The maximum atomic E-state index is 11.2. The van der Waals surface area contributed by atoms with Crippen molar-refractivity contribution in [2.75, 3.05) is 12.4 Å². The smallest absolute Gasteiger partial charge is 0.357 e. The van der Waals surface area contributed by atoms with Crippen molar-refractivity contribution in [2.24, 2.45) is 0 Å². The lowest BCUT2D eigenvalue weighted by atomic mass is 10.3. The van der Waals surface area contributed by atoms with Gasteiger partial charge in [0.1, 0.15) is 0 Å². The van der Waals surface area contributed by atoms with Gasteiger partial charge in [-0.3, -0.25) is 0 Å². The Hall–Kier alpha value is -1.30. The molecule has 1 N–H and O–H groups in total. The van der Waals surface area contributed by atoms with Crippen molar-refractivity contribution < 1.29 is 9.53 Å². The minimum absolute atomic E-state index is 0.259. The van der Waals surface area contributed by atoms with Crippen molar-refractivity contribution in [3.05, 3.63) is 39.3 Å². The van der Waals surface area contributed by atoms with Gasteiger partial charge in [-0.25, -0.2) is 9.78 Å². The lowest BCUT2D eigenvalue weighted by molar-refractivity contribution is 0.0595. The molecule has 7 heteroatoms. The molecule has 1 heterocycles. The quantitative estimate of drug-likeness (QED) is 0.871. The van der Waals surface area contributed by atoms with E-state index in [0.717, 1.165) is 0 Å². The van der Waals surface area contributed by atoms with Gasteiger partial charge >= 0.3 is 5.97 Å². The largest absolute Gasteiger partial charge is 0.464 e. The summed E-state index contributed by atoms with van der Waals surface area (Å²) in [6, 6.07) is 5.08. The number of nitrogens with one attached hydrogen (secondary N) is 1. The van der Waals surface area contributed by atoms with Crippen LogP contribution in [0.1, 0.15) is 10.5 Å². The van der Waals surface area contributed by atoms with Crippen molar-refractivity contribution in [3.63, 3.8) is 0 Å². The Labute approximate surface area is 118 Å². The number of nitrogens with zero attached hydrogens (tertiary/aromatic N) is 1. The van der Waals surface area contributed by atoms with Crippen LogP contribution in [0.15, 0.2) is 23.6 Å². The Balaban J connectivity index is 2.18. The molecule has 0 saturated carbocycles. The van der Waals surface area contributed by atoms with Crippen LogP contribution in [0, 0.1) is 0 Å². The predicted octanol–water partition coefficient (Wildman–Crippen LogP) is 3.98. The van der Waals surface area contributed by atoms with Gasteiger partial charge in [-0.15, -0.1) is 11.3 Å². The van der Waals surface area contributed by atoms with Crippen molar-refractivity contribution in [1.82, 2.24) is 4.98 Å². The SMILES string of the molecule is COC(=O)c1csc(Nc2ccc(Cl)cc2Cl)n1. The Morgan fingerprint density at radius 3 is 2.89 bits per heavy atom. The third kappa shape index (κ3) is 2.93. The van der Waals surface area contributed by atoms with Gasteiger partial charge in [-0.1, -0.05) is 23.2 Å². The van der Waals surface area contributed by atoms with Gasteiger partial charge in [0.25, 0.3) is 0 Å². The van der Waals surface area contributed by atoms with Gasteiger partial charge in [-0.05, 0) is 18.2 Å². The summed E-state index contributed by atoms with van der Waals surface area (Å²) in [4.78, 5) is 15.3. The van der Waals surface area contributed by atoms with E-state index in [9.17, 15) is 4.79 Å². The molecule has 1 aromatic heterocycles. The average Bonchev–Trinajstić information content (AvgIpc) is 2.80. The van der Waals surface area contributed by atoms with E-state index in [1.807, 2.05) is 0 Å². The van der Waals surface area contributed by atoms with E-state index in [1.165, 1.54) is 18.4 Å². The normalized spacial score (nSPS) is 10.2. The maximum Gasteiger partial charge on any atom is 0.357 e. The number of thiazole rings is 1. The number of ether oxygens (including phenoxy) is 1. The van der Waals surface area contributed by atoms with Gasteiger partial charge < -0.3 is 10.1 Å². The third-order valence-corrected chi connectivity index (χ3v) is 3.38. The molecule has 4 nitrogen and oxygen atoms in total. The lowest BCUT2D eigenvalue weighted by Crippen LogP contribution is -2.01. The lowest BCUT2D eigenvalue weighted by Gasteiger charge is -2.04. The number of rotatable bonds is 3. The van der Waals surface area contributed by atoms with Gasteiger partial charge in [-0.2, -0.15) is 0 Å². The first-order valence-corrected chi connectivity index (χ1v) is 6.49. The highest BCUT2D eigenvalue weighted by molar-refractivity contribution is 7.14. The van der Waals surface area contributed by atoms with Gasteiger partial charge in [0.05, 0.1) is 17.8 Å². The minimum atomic E-state index is -0.471. The highest BCUT2D eigenvalue weighted by atomic mass is 35.5. The van der Waals surface area contributed by atoms with E-state index < -0.39 is 5.97 Å². The molecule has 94 valence electrons. The second kappa shape index (κ2) is 5.56. The highest BCUT2D eigenvalue weighted by Gasteiger charge is 2.11. The van der Waals surface area contributed by atoms with Crippen LogP contribution in [0.5, 0.6) is 0 Å². The minimum Gasteiger partial charge on any atom is -0.464 e. The zero-order valence-corrected chi connectivity index (χ0v) is 11.6. The summed E-state index contributed by atoms with van der Waals surface area (Å²) in [6.45, 7) is 0. The Bertz CT molecular complexity index is 586. The first kappa shape index (κ1) is 13.1. The molecule has 0 bridgehead atoms. The number of hydrogen-bond donors (Lipinski definition) is 1. The van der Waals surface area contributed by atoms with Crippen LogP contribution >= 0.6 is 34.5 Å². The van der Waals surface area contributed by atoms with Crippen molar-refractivity contribution in [3.8, 4) is 0 Å². The first-order valence-electron chi connectivity index (χ1n) is 4.86. The molecule has 0 fully saturated rings. The monoisotopic (exact) mass is 302 g/mol. The van der Waals surface area contributed by atoms with Crippen LogP contribution in [-0.4, -0.2) is 18.1 Å². The van der Waals surface area contributed by atoms with Crippen molar-refractivity contribution >= 4 is 51.3 Å². The molecule has 18 heavy (non-hydrogen) atoms. The Morgan fingerprint density at radius 1 is 1.44 bits per heavy atom. The summed E-state index contributed by atoms with van der Waals surface area (Å²) in [5.41, 5.74) is 0.932. The summed E-state index contributed by atoms with van der Waals surface area (Å²) in [5, 5.41) is 6.21. The number of carbonyl (C=O) groups is 1. The Morgan fingerprint density at radius 2 is 2.22 bits per heavy atom. The maximum absolute atomic E-state index is 11.2. The second-order valence-electron chi connectivity index (χ2n) is 3.28. The predicted molar refractivity (Wildman–Crippen MR) is 73.2 cm³/mol. The fourth-order valence-electron chi connectivity index (χ4n) is 1.24. The number of esters is 1. The number of methoxy groups -OCH3 is 1. The van der Waals surface area contributed by atoms with E-state index >= 15 is 0 Å². The summed E-state index contributed by atoms with van der Waals surface area (Å²) in [6.07, 6.45) is 0. The second-order valence-corrected chi connectivity index (χ2v) is 4.98. The molecular weight excluding hydrogens is 295 g/mol. The molecular formula is C11H8Cl2N2O2S. The molecule has 0 unspecified atom stereocenters. The van der Waals surface area contributed by atoms with Crippen LogP contribution in [0.25, 0.3) is 0 Å². The van der Waals surface area contributed by atoms with E-state index in [4.69, 9.17) is 23.2 Å². The van der Waals surface area contributed by atoms with Crippen LogP contribution in [0.2, 0.25) is 10.0 Å². The summed E-state index contributed by atoms with van der Waals surface area (Å²) in [7, 11) is 1.31. The molecule has 1 aromatic carbocycles. The zero-order chi connectivity index (χ0) is 13.1. The van der Waals surface area contributed by atoms with Crippen LogP contribution in [0.4, 0.5) is 10.8 Å². The van der Waals surface area contributed by atoms with E-state index in [1.54, 1.807) is 23.6 Å². The van der Waals surface area contributed by atoms with Gasteiger partial charge in [0.15, 0.2) is 10.8 Å². The molecule has 0 aliphatic rings. The first-order chi connectivity index (χ1) is 8.60. The van der Waals surface area contributed by atoms with E-state index in [-0.39, 0.29) is 5.69 Å². The van der Waals surface area contributed by atoms with Crippen LogP contribution in [0.3, 0.4) is 0 Å². The van der Waals surface area contributed by atoms with E-state index in [0.29, 0.717) is 20.9 Å². The zero-order valence-electron chi connectivity index (χ0n) is 9.24. The van der Waals surface area contributed by atoms with Crippen molar-refractivity contribution in [1.29, 1.82) is 0 Å². The number of aromatic nitrogens is 1. The number of anilines is 2. The number of benzene rings is 1. The van der Waals surface area contributed by atoms with Crippen LogP contribution < -0.4 is 5.32 Å². The molecule has 0 spiro atoms. The molecule has 0 saturated heterocycles. The van der Waals surface area contributed by atoms with Crippen molar-refractivity contribution in [2.45, 2.75) is 0 Å². The fraction of sp³-hybridized carbons (Fsp3) is 0.0909. The fourth-order valence-corrected chi connectivity index (χ4v) is 2.38. The van der Waals surface area contributed by atoms with Crippen LogP contribution in [-0.2, 0) is 4.74 Å². The average molecular weight is 303 g/mol. The molecule has 2 rings (SSSR count). The molecule has 0 aliphatic heterocycles. The number of halogens is 2. The van der Waals surface area contributed by atoms with Gasteiger partial charge in [0.2, 0.25) is 0 Å². The summed E-state index contributed by atoms with van der Waals surface area (Å²) < 4.78 is 4.57. The van der Waals surface area contributed by atoms with Gasteiger partial charge in [0, 0.05) is 10.4 Å². The molecule has 0 atom stereocenters. The molecule has 2 aromatic rings. The number of carbonyl (C=O) groups excluding carboxylic acids is 1. The molecule has 0 amide bonds. The van der Waals surface area contributed by atoms with E-state index in [2.05, 4.69) is 15.0 Å². The third-order valence-electron chi connectivity index (χ3n) is 2.07. The summed E-state index contributed by atoms with van der Waals surface area (Å²) in [5.74, 6) is -0.471. The Kier molecular flexibility index (Phi) is 4.06. The topological polar surface area (TPSA) is 51.2 Å². The standard InChI is InChI=1S/C11H8Cl2N2O2S/c1-17-10(16)9-5-18-11(15-9)14-8-3-2-6(12)4-7(8)13/h2-5H,1H3,(H,14,15). The summed E-state index contributed by atoms with van der Waals surface area (Å²) >= 11 is 13.1. The number of hydrogen-bond acceptors (Lipinski definition) is 5. The molecule has 0 radical (unpaired) electrons.